The number of likely N-dealkylation sites (N-methyl/N-ethyl adjacent to an activating group) is 1. The zero-order valence-electron chi connectivity index (χ0n) is 15.1. The number of rotatable bonds is 7. The van der Waals surface area contributed by atoms with Crippen molar-refractivity contribution in [2.75, 3.05) is 58.3 Å². The summed E-state index contributed by atoms with van der Waals surface area (Å²) in [5, 5.41) is 17.5. The lowest BCUT2D eigenvalue weighted by Crippen LogP contribution is -2.48. The maximum absolute atomic E-state index is 8.36. The van der Waals surface area contributed by atoms with Crippen LogP contribution in [0.5, 0.6) is 0 Å². The molecular formula is C16H33N3O4S. The maximum atomic E-state index is 8.36. The van der Waals surface area contributed by atoms with Crippen LogP contribution < -0.4 is 5.32 Å². The van der Waals surface area contributed by atoms with Gasteiger partial charge in [0.1, 0.15) is 0 Å². The average Bonchev–Trinajstić information content (AvgIpc) is 3.30. The number of thioether (sulfide) groups is 1. The first kappa shape index (κ1) is 23.2. The molecule has 1 aliphatic carbocycles. The van der Waals surface area contributed by atoms with Gasteiger partial charge in [0.2, 0.25) is 0 Å². The Labute approximate surface area is 149 Å². The monoisotopic (exact) mass is 363 g/mol. The molecule has 0 aromatic heterocycles. The summed E-state index contributed by atoms with van der Waals surface area (Å²) < 4.78 is 0. The average molecular weight is 364 g/mol. The molecule has 7 nitrogen and oxygen atoms in total. The van der Waals surface area contributed by atoms with Crippen LogP contribution in [0.1, 0.15) is 19.8 Å². The number of carboxylic acid groups (broad SMARTS) is 2. The molecule has 2 fully saturated rings. The highest BCUT2D eigenvalue weighted by molar-refractivity contribution is 7.98. The van der Waals surface area contributed by atoms with E-state index in [1.165, 1.54) is 57.9 Å². The zero-order chi connectivity index (χ0) is 18.4. The van der Waals surface area contributed by atoms with Gasteiger partial charge in [-0.15, -0.1) is 0 Å². The van der Waals surface area contributed by atoms with Gasteiger partial charge in [0.15, 0.2) is 0 Å². The van der Waals surface area contributed by atoms with E-state index in [1.54, 1.807) is 0 Å². The van der Waals surface area contributed by atoms with Gasteiger partial charge in [-0.2, -0.15) is 11.8 Å². The van der Waals surface area contributed by atoms with E-state index in [4.69, 9.17) is 19.8 Å². The molecule has 0 aromatic rings. The van der Waals surface area contributed by atoms with E-state index in [1.807, 2.05) is 11.8 Å². The smallest absolute Gasteiger partial charge is 0.290 e. The van der Waals surface area contributed by atoms with Gasteiger partial charge < -0.3 is 25.3 Å². The predicted octanol–water partition coefficient (Wildman–Crippen LogP) is 0.757. The first-order chi connectivity index (χ1) is 11.5. The van der Waals surface area contributed by atoms with Crippen molar-refractivity contribution in [1.29, 1.82) is 0 Å². The topological polar surface area (TPSA) is 93.1 Å². The second kappa shape index (κ2) is 13.5. The third-order valence-corrected chi connectivity index (χ3v) is 5.19. The van der Waals surface area contributed by atoms with Crippen LogP contribution in [0.25, 0.3) is 0 Å². The van der Waals surface area contributed by atoms with Crippen LogP contribution in [-0.2, 0) is 9.59 Å². The standard InChI is InChI=1S/C14H29N3S.2CH2O2/c1-13(10-18-3)15-11-14(4-5-14)12-17-8-6-16(2)7-9-17;2*2-1-3/h13,15H,4-12H2,1-3H3;2*1H,(H,2,3). The third kappa shape index (κ3) is 10.9. The maximum Gasteiger partial charge on any atom is 0.290 e. The summed E-state index contributed by atoms with van der Waals surface area (Å²) >= 11 is 1.94. The van der Waals surface area contributed by atoms with E-state index in [9.17, 15) is 0 Å². The minimum absolute atomic E-state index is 0.250. The Morgan fingerprint density at radius 3 is 2.08 bits per heavy atom. The van der Waals surface area contributed by atoms with E-state index in [-0.39, 0.29) is 12.9 Å². The Morgan fingerprint density at radius 1 is 1.17 bits per heavy atom. The van der Waals surface area contributed by atoms with Gasteiger partial charge in [-0.05, 0) is 38.5 Å². The van der Waals surface area contributed by atoms with Crippen LogP contribution in [-0.4, -0.2) is 97.3 Å². The predicted molar refractivity (Wildman–Crippen MR) is 98.8 cm³/mol. The molecule has 1 saturated carbocycles. The van der Waals surface area contributed by atoms with Crippen molar-refractivity contribution < 1.29 is 19.8 Å². The Bertz CT molecular complexity index is 329. The number of nitrogens with one attached hydrogen (secondary N) is 1. The molecule has 1 aliphatic heterocycles. The van der Waals surface area contributed by atoms with Crippen LogP contribution in [0.15, 0.2) is 0 Å². The fourth-order valence-electron chi connectivity index (χ4n) is 2.75. The van der Waals surface area contributed by atoms with Gasteiger partial charge in [0.05, 0.1) is 0 Å². The van der Waals surface area contributed by atoms with Crippen LogP contribution in [0.3, 0.4) is 0 Å². The van der Waals surface area contributed by atoms with Gasteiger partial charge in [-0.25, -0.2) is 0 Å². The minimum Gasteiger partial charge on any atom is -0.483 e. The summed E-state index contributed by atoms with van der Waals surface area (Å²) in [6.07, 6.45) is 5.05. The summed E-state index contributed by atoms with van der Waals surface area (Å²) in [4.78, 5) is 21.8. The summed E-state index contributed by atoms with van der Waals surface area (Å²) in [5.74, 6) is 1.23. The van der Waals surface area contributed by atoms with Crippen molar-refractivity contribution in [3.05, 3.63) is 0 Å². The molecule has 1 atom stereocenters. The Hall–Kier alpha value is -0.830. The quantitative estimate of drug-likeness (QED) is 0.571. The molecule has 0 radical (unpaired) electrons. The number of piperazine rings is 1. The number of hydrogen-bond acceptors (Lipinski definition) is 6. The zero-order valence-corrected chi connectivity index (χ0v) is 15.9. The third-order valence-electron chi connectivity index (χ3n) is 4.35. The van der Waals surface area contributed by atoms with E-state index in [0.717, 1.165) is 0 Å². The lowest BCUT2D eigenvalue weighted by molar-refractivity contribution is -0.123. The first-order valence-corrected chi connectivity index (χ1v) is 9.65. The van der Waals surface area contributed by atoms with Crippen molar-refractivity contribution in [1.82, 2.24) is 15.1 Å². The Kier molecular flexibility index (Phi) is 13.0. The first-order valence-electron chi connectivity index (χ1n) is 8.26. The normalized spacial score (nSPS) is 20.6. The van der Waals surface area contributed by atoms with E-state index < -0.39 is 0 Å². The molecule has 2 rings (SSSR count). The molecule has 24 heavy (non-hydrogen) atoms. The molecular weight excluding hydrogens is 330 g/mol. The van der Waals surface area contributed by atoms with Crippen LogP contribution >= 0.6 is 11.8 Å². The molecule has 8 heteroatoms. The molecule has 0 aromatic carbocycles. The molecule has 142 valence electrons. The fraction of sp³-hybridized carbons (Fsp3) is 0.875. The molecule has 3 N–H and O–H groups in total. The highest BCUT2D eigenvalue weighted by atomic mass is 32.2. The van der Waals surface area contributed by atoms with Crippen molar-refractivity contribution in [3.63, 3.8) is 0 Å². The SMILES string of the molecule is CSCC(C)NCC1(CN2CCN(C)CC2)CC1.O=CO.O=CO. The molecule has 0 bridgehead atoms. The summed E-state index contributed by atoms with van der Waals surface area (Å²) in [7, 11) is 2.23. The second-order valence-electron chi connectivity index (χ2n) is 6.53. The van der Waals surface area contributed by atoms with Crippen molar-refractivity contribution >= 4 is 24.7 Å². The van der Waals surface area contributed by atoms with Crippen molar-refractivity contribution in [2.45, 2.75) is 25.8 Å². The minimum atomic E-state index is -0.250. The lowest BCUT2D eigenvalue weighted by Gasteiger charge is -2.35. The van der Waals surface area contributed by atoms with Crippen LogP contribution in [0.2, 0.25) is 0 Å². The molecule has 1 saturated heterocycles. The molecule has 0 amide bonds. The largest absolute Gasteiger partial charge is 0.483 e. The molecule has 1 heterocycles. The molecule has 1 unspecified atom stereocenters. The number of nitrogens with zero attached hydrogens (tertiary/aromatic N) is 2. The number of carbonyl (C=O) groups is 2. The fourth-order valence-corrected chi connectivity index (χ4v) is 3.37. The van der Waals surface area contributed by atoms with Crippen molar-refractivity contribution in [3.8, 4) is 0 Å². The highest BCUT2D eigenvalue weighted by Gasteiger charge is 2.43. The lowest BCUT2D eigenvalue weighted by atomic mass is 10.1. The summed E-state index contributed by atoms with van der Waals surface area (Å²) in [6.45, 7) is 9.36. The van der Waals surface area contributed by atoms with Gasteiger partial charge in [0.25, 0.3) is 12.9 Å². The van der Waals surface area contributed by atoms with Gasteiger partial charge in [-0.1, -0.05) is 0 Å². The van der Waals surface area contributed by atoms with Crippen molar-refractivity contribution in [2.24, 2.45) is 5.41 Å². The Balaban J connectivity index is 0.000000772. The van der Waals surface area contributed by atoms with Crippen LogP contribution in [0.4, 0.5) is 0 Å². The van der Waals surface area contributed by atoms with E-state index >= 15 is 0 Å². The Morgan fingerprint density at radius 2 is 1.67 bits per heavy atom. The van der Waals surface area contributed by atoms with Gasteiger partial charge in [0, 0.05) is 51.1 Å². The van der Waals surface area contributed by atoms with Crippen LogP contribution in [0, 0.1) is 5.41 Å². The molecule has 2 aliphatic rings. The van der Waals surface area contributed by atoms with Gasteiger partial charge in [-0.3, -0.25) is 9.59 Å². The van der Waals surface area contributed by atoms with Gasteiger partial charge >= 0.3 is 0 Å². The highest BCUT2D eigenvalue weighted by Crippen LogP contribution is 2.45. The molecule has 0 spiro atoms. The number of hydrogen-bond donors (Lipinski definition) is 3. The second-order valence-corrected chi connectivity index (χ2v) is 7.44. The van der Waals surface area contributed by atoms with E-state index in [0.29, 0.717) is 11.5 Å². The summed E-state index contributed by atoms with van der Waals surface area (Å²) in [5.41, 5.74) is 0.614. The van der Waals surface area contributed by atoms with E-state index in [2.05, 4.69) is 35.3 Å². The summed E-state index contributed by atoms with van der Waals surface area (Å²) in [6, 6.07) is 0.657.